The third kappa shape index (κ3) is 3.95. The minimum Gasteiger partial charge on any atom is -0.295 e. The van der Waals surface area contributed by atoms with Gasteiger partial charge in [0.1, 0.15) is 4.90 Å². The molecule has 0 radical (unpaired) electrons. The van der Waals surface area contributed by atoms with Crippen LogP contribution in [0.1, 0.15) is 24.4 Å². The Labute approximate surface area is 146 Å². The van der Waals surface area contributed by atoms with Gasteiger partial charge < -0.3 is 0 Å². The van der Waals surface area contributed by atoms with E-state index in [4.69, 9.17) is 11.6 Å². The van der Waals surface area contributed by atoms with E-state index in [0.717, 1.165) is 25.9 Å². The van der Waals surface area contributed by atoms with Crippen LogP contribution in [0.4, 0.5) is 0 Å². The lowest BCUT2D eigenvalue weighted by molar-refractivity contribution is 0.247. The van der Waals surface area contributed by atoms with Gasteiger partial charge in [-0.15, -0.1) is 0 Å². The molecule has 0 spiro atoms. The van der Waals surface area contributed by atoms with Crippen molar-refractivity contribution >= 4 is 33.0 Å². The number of halogens is 1. The smallest absolute Gasteiger partial charge is 0.242 e. The Bertz CT molecular complexity index is 741. The van der Waals surface area contributed by atoms with Gasteiger partial charge >= 0.3 is 0 Å². The van der Waals surface area contributed by atoms with Crippen LogP contribution in [0.15, 0.2) is 46.0 Å². The van der Waals surface area contributed by atoms with E-state index < -0.39 is 10.0 Å². The zero-order valence-electron chi connectivity index (χ0n) is 12.6. The van der Waals surface area contributed by atoms with Gasteiger partial charge in [-0.25, -0.2) is 13.1 Å². The van der Waals surface area contributed by atoms with Crippen LogP contribution in [0.2, 0.25) is 5.02 Å². The largest absolute Gasteiger partial charge is 0.295 e. The molecule has 0 saturated carbocycles. The van der Waals surface area contributed by atoms with E-state index in [0.29, 0.717) is 6.54 Å². The predicted molar refractivity (Wildman–Crippen MR) is 94.5 cm³/mol. The third-order valence-corrected chi connectivity index (χ3v) is 6.73. The predicted octanol–water partition coefficient (Wildman–Crippen LogP) is 3.52. The summed E-state index contributed by atoms with van der Waals surface area (Å²) < 4.78 is 27.8. The second-order valence-electron chi connectivity index (χ2n) is 5.60. The fraction of sp³-hybridized carbons (Fsp3) is 0.375. The average molecular weight is 371 g/mol. The highest BCUT2D eigenvalue weighted by molar-refractivity contribution is 7.89. The highest BCUT2D eigenvalue weighted by atomic mass is 35.5. The van der Waals surface area contributed by atoms with Crippen molar-refractivity contribution in [2.24, 2.45) is 0 Å². The summed E-state index contributed by atoms with van der Waals surface area (Å²) in [6, 6.07) is 8.66. The van der Waals surface area contributed by atoms with Gasteiger partial charge in [0.05, 0.1) is 5.02 Å². The number of hydrogen-bond acceptors (Lipinski definition) is 4. The maximum Gasteiger partial charge on any atom is 0.242 e. The number of sulfonamides is 1. The monoisotopic (exact) mass is 370 g/mol. The quantitative estimate of drug-likeness (QED) is 0.846. The number of rotatable bonds is 6. The average Bonchev–Trinajstić information content (AvgIpc) is 3.21. The van der Waals surface area contributed by atoms with Crippen molar-refractivity contribution in [2.45, 2.75) is 23.8 Å². The van der Waals surface area contributed by atoms with Crippen LogP contribution in [0, 0.1) is 0 Å². The molecule has 1 atom stereocenters. The molecule has 0 bridgehead atoms. The maximum absolute atomic E-state index is 12.5. The Morgan fingerprint density at radius 3 is 2.61 bits per heavy atom. The molecule has 1 aromatic carbocycles. The van der Waals surface area contributed by atoms with Crippen molar-refractivity contribution in [2.75, 3.05) is 19.6 Å². The van der Waals surface area contributed by atoms with Crippen molar-refractivity contribution in [1.82, 2.24) is 9.62 Å². The summed E-state index contributed by atoms with van der Waals surface area (Å²) in [5.74, 6) is 0. The van der Waals surface area contributed by atoms with E-state index in [1.54, 1.807) is 29.5 Å². The first-order valence-corrected chi connectivity index (χ1v) is 10.4. The van der Waals surface area contributed by atoms with Crippen LogP contribution in [-0.4, -0.2) is 33.0 Å². The minimum absolute atomic E-state index is 0.0704. The van der Waals surface area contributed by atoms with Gasteiger partial charge in [-0.1, -0.05) is 23.7 Å². The molecule has 1 N–H and O–H groups in total. The molecular formula is C16H19ClN2O2S2. The molecule has 124 valence electrons. The summed E-state index contributed by atoms with van der Waals surface area (Å²) in [6.07, 6.45) is 2.33. The van der Waals surface area contributed by atoms with Crippen LogP contribution in [0.5, 0.6) is 0 Å². The first-order chi connectivity index (χ1) is 11.1. The fourth-order valence-electron chi connectivity index (χ4n) is 2.90. The van der Waals surface area contributed by atoms with E-state index in [2.05, 4.69) is 21.1 Å². The molecule has 0 aliphatic carbocycles. The van der Waals surface area contributed by atoms with Crippen molar-refractivity contribution in [3.8, 4) is 0 Å². The summed E-state index contributed by atoms with van der Waals surface area (Å²) in [6.45, 7) is 2.37. The highest BCUT2D eigenvalue weighted by Crippen LogP contribution is 2.27. The number of thiophene rings is 1. The van der Waals surface area contributed by atoms with Gasteiger partial charge in [-0.2, -0.15) is 11.3 Å². The molecule has 23 heavy (non-hydrogen) atoms. The van der Waals surface area contributed by atoms with Gasteiger partial charge in [0.2, 0.25) is 10.0 Å². The normalized spacial score (nSPS) is 17.4. The molecule has 1 aliphatic rings. The topological polar surface area (TPSA) is 49.4 Å². The van der Waals surface area contributed by atoms with Crippen molar-refractivity contribution in [3.05, 3.63) is 51.7 Å². The Hall–Kier alpha value is -0.920. The standard InChI is InChI=1S/C16H19ClN2O2S2/c17-14-5-1-2-6-16(14)23(20,21)18-11-15(13-7-10-22-12-13)19-8-3-4-9-19/h1-2,5-7,10,12,15,18H,3-4,8-9,11H2/t15-/m0/s1. The lowest BCUT2D eigenvalue weighted by Gasteiger charge is -2.27. The van der Waals surface area contributed by atoms with E-state index in [1.165, 1.54) is 11.6 Å². The SMILES string of the molecule is O=S(=O)(NC[C@@H](c1ccsc1)N1CCCC1)c1ccccc1Cl. The van der Waals surface area contributed by atoms with Crippen LogP contribution in [0.3, 0.4) is 0 Å². The van der Waals surface area contributed by atoms with Crippen LogP contribution in [0.25, 0.3) is 0 Å². The van der Waals surface area contributed by atoms with Gasteiger partial charge in [0, 0.05) is 12.6 Å². The van der Waals surface area contributed by atoms with Crippen LogP contribution in [-0.2, 0) is 10.0 Å². The molecular weight excluding hydrogens is 352 g/mol. The van der Waals surface area contributed by atoms with Gasteiger partial charge in [0.25, 0.3) is 0 Å². The molecule has 4 nitrogen and oxygen atoms in total. The van der Waals surface area contributed by atoms with E-state index in [-0.39, 0.29) is 16.0 Å². The second kappa shape index (κ2) is 7.32. The van der Waals surface area contributed by atoms with Crippen molar-refractivity contribution in [1.29, 1.82) is 0 Å². The molecule has 1 saturated heterocycles. The molecule has 0 unspecified atom stereocenters. The Morgan fingerprint density at radius 2 is 1.96 bits per heavy atom. The molecule has 0 amide bonds. The maximum atomic E-state index is 12.5. The van der Waals surface area contributed by atoms with Crippen molar-refractivity contribution < 1.29 is 8.42 Å². The molecule has 1 aliphatic heterocycles. The van der Waals surface area contributed by atoms with Crippen LogP contribution < -0.4 is 4.72 Å². The van der Waals surface area contributed by atoms with Gasteiger partial charge in [0.15, 0.2) is 0 Å². The second-order valence-corrected chi connectivity index (χ2v) is 8.52. The zero-order chi connectivity index (χ0) is 16.3. The highest BCUT2D eigenvalue weighted by Gasteiger charge is 2.26. The first kappa shape index (κ1) is 16.9. The summed E-state index contributed by atoms with van der Waals surface area (Å²) in [5, 5.41) is 4.36. The molecule has 2 heterocycles. The number of likely N-dealkylation sites (tertiary alicyclic amines) is 1. The summed E-state index contributed by atoms with van der Waals surface area (Å²) in [5.41, 5.74) is 1.17. The minimum atomic E-state index is -3.61. The van der Waals surface area contributed by atoms with Crippen LogP contribution >= 0.6 is 22.9 Å². The number of nitrogens with one attached hydrogen (secondary N) is 1. The van der Waals surface area contributed by atoms with E-state index in [1.807, 2.05) is 5.38 Å². The molecule has 1 fully saturated rings. The van der Waals surface area contributed by atoms with Gasteiger partial charge in [-0.05, 0) is 60.5 Å². The molecule has 3 rings (SSSR count). The Morgan fingerprint density at radius 1 is 1.22 bits per heavy atom. The zero-order valence-corrected chi connectivity index (χ0v) is 15.0. The summed E-state index contributed by atoms with van der Waals surface area (Å²) in [7, 11) is -3.61. The van der Waals surface area contributed by atoms with Crippen molar-refractivity contribution in [3.63, 3.8) is 0 Å². The Kier molecular flexibility index (Phi) is 5.38. The fourth-order valence-corrected chi connectivity index (χ4v) is 5.17. The Balaban J connectivity index is 1.77. The number of benzene rings is 1. The third-order valence-electron chi connectivity index (χ3n) is 4.10. The number of hydrogen-bond donors (Lipinski definition) is 1. The lowest BCUT2D eigenvalue weighted by Crippen LogP contribution is -2.36. The summed E-state index contributed by atoms with van der Waals surface area (Å²) in [4.78, 5) is 2.48. The number of nitrogens with zero attached hydrogens (tertiary/aromatic N) is 1. The van der Waals surface area contributed by atoms with E-state index in [9.17, 15) is 8.42 Å². The lowest BCUT2D eigenvalue weighted by atomic mass is 10.1. The summed E-state index contributed by atoms with van der Waals surface area (Å²) >= 11 is 7.66. The molecule has 7 heteroatoms. The molecule has 2 aromatic rings. The van der Waals surface area contributed by atoms with E-state index >= 15 is 0 Å². The molecule has 1 aromatic heterocycles. The first-order valence-electron chi connectivity index (χ1n) is 7.58. The van der Waals surface area contributed by atoms with Gasteiger partial charge in [-0.3, -0.25) is 4.90 Å².